The molecule has 1 aromatic rings. The molecule has 1 aromatic carbocycles. The molecule has 0 radical (unpaired) electrons. The topological polar surface area (TPSA) is 35.6 Å². The van der Waals surface area contributed by atoms with Gasteiger partial charge in [0.25, 0.3) is 5.91 Å². The summed E-state index contributed by atoms with van der Waals surface area (Å²) in [6.45, 7) is 12.0. The van der Waals surface area contributed by atoms with Crippen molar-refractivity contribution in [3.05, 3.63) is 29.3 Å². The summed E-state index contributed by atoms with van der Waals surface area (Å²) in [5.41, 5.74) is 2.97. The van der Waals surface area contributed by atoms with Crippen molar-refractivity contribution < 1.29 is 4.79 Å². The van der Waals surface area contributed by atoms with Gasteiger partial charge in [-0.3, -0.25) is 9.69 Å². The highest BCUT2D eigenvalue weighted by atomic mass is 16.2. The number of amides is 1. The summed E-state index contributed by atoms with van der Waals surface area (Å²) in [5, 5.41) is 3.28. The molecule has 0 atom stereocenters. The van der Waals surface area contributed by atoms with Crippen molar-refractivity contribution in [2.75, 3.05) is 44.6 Å². The van der Waals surface area contributed by atoms with E-state index in [2.05, 4.69) is 30.1 Å². The Labute approximate surface area is 128 Å². The Kier molecular flexibility index (Phi) is 5.62. The van der Waals surface area contributed by atoms with Crippen molar-refractivity contribution in [3.63, 3.8) is 0 Å². The van der Waals surface area contributed by atoms with Gasteiger partial charge in [0.1, 0.15) is 0 Å². The van der Waals surface area contributed by atoms with E-state index >= 15 is 0 Å². The fourth-order valence-corrected chi connectivity index (χ4v) is 2.88. The number of carbonyl (C=O) groups is 1. The van der Waals surface area contributed by atoms with Crippen LogP contribution in [0.25, 0.3) is 0 Å². The molecule has 0 bridgehead atoms. The normalized spacial score (nSPS) is 16.0. The predicted molar refractivity (Wildman–Crippen MR) is 88.0 cm³/mol. The number of hydrogen-bond donors (Lipinski definition) is 1. The molecule has 1 aliphatic heterocycles. The molecule has 1 fully saturated rings. The smallest absolute Gasteiger partial charge is 0.254 e. The van der Waals surface area contributed by atoms with Gasteiger partial charge in [0, 0.05) is 44.0 Å². The van der Waals surface area contributed by atoms with E-state index in [1.54, 1.807) is 0 Å². The maximum Gasteiger partial charge on any atom is 0.254 e. The van der Waals surface area contributed by atoms with E-state index in [4.69, 9.17) is 0 Å². The van der Waals surface area contributed by atoms with E-state index < -0.39 is 0 Å². The van der Waals surface area contributed by atoms with Crippen molar-refractivity contribution >= 4 is 11.6 Å². The number of nitrogens with one attached hydrogen (secondary N) is 1. The molecule has 1 heterocycles. The zero-order valence-electron chi connectivity index (χ0n) is 13.5. The molecular weight excluding hydrogens is 262 g/mol. The Bertz CT molecular complexity index is 479. The van der Waals surface area contributed by atoms with Crippen LogP contribution < -0.4 is 5.32 Å². The van der Waals surface area contributed by atoms with Crippen LogP contribution in [0.4, 0.5) is 5.69 Å². The van der Waals surface area contributed by atoms with Crippen LogP contribution in [0, 0.1) is 6.92 Å². The molecule has 1 aliphatic rings. The lowest BCUT2D eigenvalue weighted by Gasteiger charge is -2.34. The molecule has 4 heteroatoms. The minimum Gasteiger partial charge on any atom is -0.385 e. The van der Waals surface area contributed by atoms with Gasteiger partial charge in [0.2, 0.25) is 0 Å². The number of nitrogens with zero attached hydrogens (tertiary/aromatic N) is 2. The van der Waals surface area contributed by atoms with Gasteiger partial charge in [-0.15, -0.1) is 0 Å². The van der Waals surface area contributed by atoms with Crippen LogP contribution in [0.3, 0.4) is 0 Å². The lowest BCUT2D eigenvalue weighted by molar-refractivity contribution is 0.0637. The van der Waals surface area contributed by atoms with Crippen LogP contribution in [0.15, 0.2) is 18.2 Å². The van der Waals surface area contributed by atoms with Crippen molar-refractivity contribution in [2.45, 2.75) is 27.2 Å². The number of anilines is 1. The third-order valence-electron chi connectivity index (χ3n) is 4.04. The van der Waals surface area contributed by atoms with Gasteiger partial charge in [0.05, 0.1) is 0 Å². The van der Waals surface area contributed by atoms with E-state index in [0.29, 0.717) is 0 Å². The van der Waals surface area contributed by atoms with Gasteiger partial charge in [-0.05, 0) is 50.6 Å². The van der Waals surface area contributed by atoms with E-state index in [0.717, 1.165) is 56.1 Å². The Morgan fingerprint density at radius 2 is 1.90 bits per heavy atom. The fraction of sp³-hybridized carbons (Fsp3) is 0.588. The van der Waals surface area contributed by atoms with Crippen molar-refractivity contribution in [2.24, 2.45) is 0 Å². The zero-order valence-corrected chi connectivity index (χ0v) is 13.5. The first-order valence-electron chi connectivity index (χ1n) is 8.01. The summed E-state index contributed by atoms with van der Waals surface area (Å²) in [7, 11) is 0. The second kappa shape index (κ2) is 7.46. The highest BCUT2D eigenvalue weighted by Gasteiger charge is 2.22. The molecule has 0 aromatic heterocycles. The quantitative estimate of drug-likeness (QED) is 0.905. The van der Waals surface area contributed by atoms with Crippen LogP contribution in [0.5, 0.6) is 0 Å². The summed E-state index contributed by atoms with van der Waals surface area (Å²) in [6.07, 6.45) is 1.18. The molecule has 0 aliphatic carbocycles. The van der Waals surface area contributed by atoms with Crippen molar-refractivity contribution in [1.82, 2.24) is 9.80 Å². The van der Waals surface area contributed by atoms with Gasteiger partial charge >= 0.3 is 0 Å². The number of benzene rings is 1. The number of carbonyl (C=O) groups excluding carboxylic acids is 1. The first-order valence-corrected chi connectivity index (χ1v) is 8.01. The van der Waals surface area contributed by atoms with Gasteiger partial charge in [-0.25, -0.2) is 0 Å². The van der Waals surface area contributed by atoms with Crippen LogP contribution >= 0.6 is 0 Å². The number of rotatable bonds is 5. The van der Waals surface area contributed by atoms with Crippen molar-refractivity contribution in [1.29, 1.82) is 0 Å². The van der Waals surface area contributed by atoms with E-state index in [9.17, 15) is 4.79 Å². The summed E-state index contributed by atoms with van der Waals surface area (Å²) < 4.78 is 0. The Morgan fingerprint density at radius 3 is 2.48 bits per heavy atom. The largest absolute Gasteiger partial charge is 0.385 e. The third kappa shape index (κ3) is 3.97. The van der Waals surface area contributed by atoms with Crippen molar-refractivity contribution in [3.8, 4) is 0 Å². The zero-order chi connectivity index (χ0) is 15.2. The predicted octanol–water partition coefficient (Wildman–Crippen LogP) is 2.59. The molecule has 0 saturated carbocycles. The molecule has 0 spiro atoms. The van der Waals surface area contributed by atoms with Gasteiger partial charge in [0.15, 0.2) is 0 Å². The highest BCUT2D eigenvalue weighted by molar-refractivity contribution is 5.96. The summed E-state index contributed by atoms with van der Waals surface area (Å²) >= 11 is 0. The second-order valence-electron chi connectivity index (χ2n) is 5.69. The van der Waals surface area contributed by atoms with Crippen LogP contribution in [0.2, 0.25) is 0 Å². The molecule has 4 nitrogen and oxygen atoms in total. The van der Waals surface area contributed by atoms with Crippen LogP contribution in [0.1, 0.15) is 36.2 Å². The number of hydrogen-bond acceptors (Lipinski definition) is 3. The molecule has 2 rings (SSSR count). The Balaban J connectivity index is 2.00. The van der Waals surface area contributed by atoms with Crippen LogP contribution in [-0.2, 0) is 0 Å². The first-order chi connectivity index (χ1) is 10.2. The molecule has 116 valence electrons. The summed E-state index contributed by atoms with van der Waals surface area (Å²) in [6, 6.07) is 6.01. The summed E-state index contributed by atoms with van der Waals surface area (Å²) in [4.78, 5) is 17.1. The molecule has 1 saturated heterocycles. The first kappa shape index (κ1) is 15.8. The molecule has 1 amide bonds. The lowest BCUT2D eigenvalue weighted by Crippen LogP contribution is -2.48. The average molecular weight is 289 g/mol. The van der Waals surface area contributed by atoms with E-state index in [1.165, 1.54) is 6.42 Å². The molecular formula is C17H27N3O. The molecule has 0 unspecified atom stereocenters. The Morgan fingerprint density at radius 1 is 1.19 bits per heavy atom. The molecule has 21 heavy (non-hydrogen) atoms. The standard InChI is InChI=1S/C17H27N3O/c1-4-8-19-9-11-20(12-10-19)17(21)16-7-6-15(18-5-2)13-14(16)3/h6-7,13,18H,4-5,8-12H2,1-3H3. The average Bonchev–Trinajstić information content (AvgIpc) is 2.48. The van der Waals surface area contributed by atoms with Gasteiger partial charge in [-0.1, -0.05) is 6.92 Å². The SMILES string of the molecule is CCCN1CCN(C(=O)c2ccc(NCC)cc2C)CC1. The van der Waals surface area contributed by atoms with Crippen LogP contribution in [-0.4, -0.2) is 55.0 Å². The lowest BCUT2D eigenvalue weighted by atomic mass is 10.1. The Hall–Kier alpha value is -1.55. The van der Waals surface area contributed by atoms with E-state index in [1.807, 2.05) is 24.0 Å². The van der Waals surface area contributed by atoms with Gasteiger partial charge < -0.3 is 10.2 Å². The maximum absolute atomic E-state index is 12.6. The molecule has 1 N–H and O–H groups in total. The maximum atomic E-state index is 12.6. The third-order valence-corrected chi connectivity index (χ3v) is 4.04. The number of piperazine rings is 1. The number of aryl methyl sites for hydroxylation is 1. The highest BCUT2D eigenvalue weighted by Crippen LogP contribution is 2.18. The minimum absolute atomic E-state index is 0.173. The summed E-state index contributed by atoms with van der Waals surface area (Å²) in [5.74, 6) is 0.173. The fourth-order valence-electron chi connectivity index (χ4n) is 2.88. The van der Waals surface area contributed by atoms with Gasteiger partial charge in [-0.2, -0.15) is 0 Å². The second-order valence-corrected chi connectivity index (χ2v) is 5.69. The van der Waals surface area contributed by atoms with E-state index in [-0.39, 0.29) is 5.91 Å². The minimum atomic E-state index is 0.173. The monoisotopic (exact) mass is 289 g/mol.